The van der Waals surface area contributed by atoms with Gasteiger partial charge < -0.3 is 0 Å². The summed E-state index contributed by atoms with van der Waals surface area (Å²) in [6, 6.07) is 11.6. The van der Waals surface area contributed by atoms with Crippen molar-refractivity contribution in [3.8, 4) is 6.07 Å². The second-order valence-electron chi connectivity index (χ2n) is 3.55. The van der Waals surface area contributed by atoms with E-state index >= 15 is 0 Å². The van der Waals surface area contributed by atoms with Crippen molar-refractivity contribution in [2.45, 2.75) is 0 Å². The van der Waals surface area contributed by atoms with Crippen LogP contribution in [0.5, 0.6) is 0 Å². The molecule has 0 spiro atoms. The lowest BCUT2D eigenvalue weighted by Crippen LogP contribution is -1.93. The number of rotatable bonds is 3. The van der Waals surface area contributed by atoms with Gasteiger partial charge in [0, 0.05) is 10.9 Å². The highest BCUT2D eigenvalue weighted by atomic mass is 35.5. The van der Waals surface area contributed by atoms with E-state index in [9.17, 15) is 15.4 Å². The van der Waals surface area contributed by atoms with Crippen molar-refractivity contribution in [2.75, 3.05) is 0 Å². The van der Waals surface area contributed by atoms with Crippen LogP contribution in [0.15, 0.2) is 41.8 Å². The van der Waals surface area contributed by atoms with Crippen molar-refractivity contribution >= 4 is 39.2 Å². The third kappa shape index (κ3) is 2.65. The highest BCUT2D eigenvalue weighted by Crippen LogP contribution is 2.35. The molecule has 1 aromatic carbocycles. The van der Waals surface area contributed by atoms with Gasteiger partial charge in [0.05, 0.1) is 21.1 Å². The second-order valence-corrected chi connectivity index (χ2v) is 4.88. The number of hydrogen-bond donors (Lipinski definition) is 0. The topological polar surface area (TPSA) is 66.9 Å². The van der Waals surface area contributed by atoms with Crippen LogP contribution >= 0.6 is 22.9 Å². The van der Waals surface area contributed by atoms with Crippen LogP contribution < -0.4 is 0 Å². The molecule has 2 rings (SSSR count). The Hall–Kier alpha value is -2.16. The van der Waals surface area contributed by atoms with Gasteiger partial charge in [-0.05, 0) is 17.5 Å². The van der Waals surface area contributed by atoms with Gasteiger partial charge in [0.2, 0.25) is 0 Å². The van der Waals surface area contributed by atoms with Crippen LogP contribution in [0.3, 0.4) is 0 Å². The third-order valence-electron chi connectivity index (χ3n) is 2.44. The van der Waals surface area contributed by atoms with Crippen LogP contribution in [-0.2, 0) is 0 Å². The summed E-state index contributed by atoms with van der Waals surface area (Å²) in [4.78, 5) is 11.1. The van der Waals surface area contributed by atoms with Crippen molar-refractivity contribution in [2.24, 2.45) is 0 Å². The van der Waals surface area contributed by atoms with E-state index in [1.807, 2.05) is 11.4 Å². The Labute approximate surface area is 118 Å². The molecule has 1 heterocycles. The van der Waals surface area contributed by atoms with E-state index in [4.69, 9.17) is 11.6 Å². The van der Waals surface area contributed by atoms with Crippen LogP contribution in [-0.4, -0.2) is 4.92 Å². The number of hydrogen-bond acceptors (Lipinski definition) is 4. The maximum atomic E-state index is 11.0. The van der Waals surface area contributed by atoms with E-state index in [2.05, 4.69) is 0 Å². The SMILES string of the molecule is N#C/C(=C(/Cl)c1ccccc1[N+](=O)[O-])c1cccs1. The lowest BCUT2D eigenvalue weighted by Gasteiger charge is -2.03. The van der Waals surface area contributed by atoms with Crippen molar-refractivity contribution in [1.82, 2.24) is 0 Å². The van der Waals surface area contributed by atoms with Gasteiger partial charge in [0.1, 0.15) is 6.07 Å². The normalized spacial score (nSPS) is 11.6. The van der Waals surface area contributed by atoms with Crippen LogP contribution in [0.25, 0.3) is 10.6 Å². The van der Waals surface area contributed by atoms with Gasteiger partial charge in [-0.1, -0.05) is 29.8 Å². The fourth-order valence-corrected chi connectivity index (χ4v) is 2.67. The van der Waals surface area contributed by atoms with Gasteiger partial charge in [0.25, 0.3) is 5.69 Å². The van der Waals surface area contributed by atoms with Crippen LogP contribution in [0.1, 0.15) is 10.4 Å². The Morgan fingerprint density at radius 1 is 1.32 bits per heavy atom. The number of nitriles is 1. The molecule has 0 saturated heterocycles. The van der Waals surface area contributed by atoms with Crippen LogP contribution in [0.4, 0.5) is 5.69 Å². The highest BCUT2D eigenvalue weighted by molar-refractivity contribution is 7.11. The lowest BCUT2D eigenvalue weighted by atomic mass is 10.1. The summed E-state index contributed by atoms with van der Waals surface area (Å²) in [6.07, 6.45) is 0. The molecule has 19 heavy (non-hydrogen) atoms. The molecule has 2 aromatic rings. The number of thiophene rings is 1. The second kappa shape index (κ2) is 5.65. The number of nitro benzene ring substituents is 1. The third-order valence-corrected chi connectivity index (χ3v) is 3.72. The molecule has 0 amide bonds. The van der Waals surface area contributed by atoms with Crippen molar-refractivity contribution in [3.63, 3.8) is 0 Å². The molecule has 0 radical (unpaired) electrons. The molecule has 1 aromatic heterocycles. The van der Waals surface area contributed by atoms with E-state index in [0.717, 1.165) is 0 Å². The number of allylic oxidation sites excluding steroid dienone is 1. The average Bonchev–Trinajstić information content (AvgIpc) is 2.93. The van der Waals surface area contributed by atoms with Gasteiger partial charge in [-0.2, -0.15) is 5.26 Å². The van der Waals surface area contributed by atoms with E-state index in [1.165, 1.54) is 23.5 Å². The average molecular weight is 291 g/mol. The van der Waals surface area contributed by atoms with E-state index in [0.29, 0.717) is 4.88 Å². The summed E-state index contributed by atoms with van der Waals surface area (Å²) in [7, 11) is 0. The molecule has 94 valence electrons. The minimum atomic E-state index is -0.513. The molecule has 0 aliphatic carbocycles. The predicted octanol–water partition coefficient (Wildman–Crippen LogP) is 4.29. The Bertz CT molecular complexity index is 687. The molecule has 0 aliphatic heterocycles. The van der Waals surface area contributed by atoms with Crippen molar-refractivity contribution in [1.29, 1.82) is 5.26 Å². The molecular formula is C13H7ClN2O2S. The fourth-order valence-electron chi connectivity index (χ4n) is 1.59. The van der Waals surface area contributed by atoms with E-state index in [-0.39, 0.29) is 21.9 Å². The van der Waals surface area contributed by atoms with Gasteiger partial charge in [-0.25, -0.2) is 0 Å². The first-order valence-electron chi connectivity index (χ1n) is 5.22. The molecule has 0 aliphatic rings. The molecule has 0 fully saturated rings. The van der Waals surface area contributed by atoms with Gasteiger partial charge in [-0.3, -0.25) is 10.1 Å². The summed E-state index contributed by atoms with van der Waals surface area (Å²) >= 11 is 7.53. The van der Waals surface area contributed by atoms with E-state index < -0.39 is 4.92 Å². The van der Waals surface area contributed by atoms with Crippen LogP contribution in [0, 0.1) is 21.4 Å². The first kappa shape index (κ1) is 13.3. The molecule has 0 bridgehead atoms. The number of halogens is 1. The molecular weight excluding hydrogens is 284 g/mol. The van der Waals surface area contributed by atoms with E-state index in [1.54, 1.807) is 24.3 Å². The summed E-state index contributed by atoms with van der Waals surface area (Å²) in [6.45, 7) is 0. The number of para-hydroxylation sites is 1. The molecule has 0 unspecified atom stereocenters. The van der Waals surface area contributed by atoms with Crippen molar-refractivity contribution < 1.29 is 4.92 Å². The molecule has 6 heteroatoms. The Morgan fingerprint density at radius 2 is 2.05 bits per heavy atom. The van der Waals surface area contributed by atoms with Gasteiger partial charge >= 0.3 is 0 Å². The molecule has 0 saturated carbocycles. The maximum Gasteiger partial charge on any atom is 0.278 e. The molecule has 0 N–H and O–H groups in total. The minimum absolute atomic E-state index is 0.0947. The lowest BCUT2D eigenvalue weighted by molar-refractivity contribution is -0.385. The van der Waals surface area contributed by atoms with Gasteiger partial charge in [0.15, 0.2) is 0 Å². The fraction of sp³-hybridized carbons (Fsp3) is 0. The Balaban J connectivity index is 2.64. The van der Waals surface area contributed by atoms with Crippen molar-refractivity contribution in [3.05, 3.63) is 62.3 Å². The maximum absolute atomic E-state index is 11.0. The van der Waals surface area contributed by atoms with Crippen LogP contribution in [0.2, 0.25) is 0 Å². The summed E-state index contributed by atoms with van der Waals surface area (Å²) in [5.41, 5.74) is 0.377. The quantitative estimate of drug-likeness (QED) is 0.481. The monoisotopic (exact) mass is 290 g/mol. The standard InChI is InChI=1S/C13H7ClN2O2S/c14-13(10(8-15)12-6-3-7-19-12)9-4-1-2-5-11(9)16(17)18/h1-7H/b13-10-. The number of nitrogens with zero attached hydrogens (tertiary/aromatic N) is 2. The highest BCUT2D eigenvalue weighted by Gasteiger charge is 2.19. The first-order valence-corrected chi connectivity index (χ1v) is 6.48. The molecule has 4 nitrogen and oxygen atoms in total. The zero-order valence-corrected chi connectivity index (χ0v) is 11.1. The van der Waals surface area contributed by atoms with Gasteiger partial charge in [-0.15, -0.1) is 11.3 Å². The summed E-state index contributed by atoms with van der Waals surface area (Å²) in [5, 5.41) is 22.1. The Kier molecular flexibility index (Phi) is 3.95. The smallest absolute Gasteiger partial charge is 0.258 e. The zero-order chi connectivity index (χ0) is 13.8. The number of nitro groups is 1. The summed E-state index contributed by atoms with van der Waals surface area (Å²) < 4.78 is 0. The predicted molar refractivity (Wildman–Crippen MR) is 75.7 cm³/mol. The number of benzene rings is 1. The minimum Gasteiger partial charge on any atom is -0.258 e. The first-order chi connectivity index (χ1) is 9.15. The zero-order valence-electron chi connectivity index (χ0n) is 9.54. The molecule has 0 atom stereocenters. The largest absolute Gasteiger partial charge is 0.278 e. The summed E-state index contributed by atoms with van der Waals surface area (Å²) in [5.74, 6) is 0. The Morgan fingerprint density at radius 3 is 2.63 bits per heavy atom.